The van der Waals surface area contributed by atoms with E-state index in [1.807, 2.05) is 37.3 Å². The maximum Gasteiger partial charge on any atom is 0.215 e. The highest BCUT2D eigenvalue weighted by molar-refractivity contribution is 6.01. The first-order valence-corrected chi connectivity index (χ1v) is 11.0. The number of fused-ring (bicyclic) bond motifs is 2. The highest BCUT2D eigenvalue weighted by atomic mass is 16.1. The number of carbonyl (C=O) groups excluding carboxylic acids is 2. The van der Waals surface area contributed by atoms with Gasteiger partial charge >= 0.3 is 0 Å². The fourth-order valence-electron chi connectivity index (χ4n) is 4.86. The molecule has 32 heavy (non-hydrogen) atoms. The van der Waals surface area contributed by atoms with E-state index in [1.54, 1.807) is 11.1 Å². The van der Waals surface area contributed by atoms with Crippen molar-refractivity contribution in [2.24, 2.45) is 0 Å². The normalized spacial score (nSPS) is 17.0. The lowest BCUT2D eigenvalue weighted by Gasteiger charge is -2.30. The molecule has 1 amide bonds. The number of carbonyl (C=O) groups is 2. The Morgan fingerprint density at radius 2 is 1.88 bits per heavy atom. The number of hydrogen-bond acceptors (Lipinski definition) is 5. The van der Waals surface area contributed by atoms with E-state index >= 15 is 0 Å². The number of ketones is 1. The Morgan fingerprint density at radius 1 is 1.06 bits per heavy atom. The van der Waals surface area contributed by atoms with Crippen molar-refractivity contribution in [1.82, 2.24) is 4.98 Å². The quantitative estimate of drug-likeness (QED) is 0.571. The second kappa shape index (κ2) is 7.79. The van der Waals surface area contributed by atoms with E-state index in [2.05, 4.69) is 47.2 Å². The first-order valence-electron chi connectivity index (χ1n) is 11.0. The van der Waals surface area contributed by atoms with Crippen molar-refractivity contribution in [3.05, 3.63) is 65.9 Å². The summed E-state index contributed by atoms with van der Waals surface area (Å²) in [6.07, 6.45) is 4.01. The van der Waals surface area contributed by atoms with Gasteiger partial charge in [-0.05, 0) is 56.0 Å². The largest absolute Gasteiger partial charge is 0.347 e. The van der Waals surface area contributed by atoms with E-state index in [-0.39, 0.29) is 18.0 Å². The van der Waals surface area contributed by atoms with Gasteiger partial charge < -0.3 is 10.2 Å². The van der Waals surface area contributed by atoms with Gasteiger partial charge in [-0.3, -0.25) is 14.5 Å². The van der Waals surface area contributed by atoms with Crippen LogP contribution in [0, 0.1) is 0 Å². The number of amides is 1. The van der Waals surface area contributed by atoms with Gasteiger partial charge in [0, 0.05) is 29.8 Å². The van der Waals surface area contributed by atoms with E-state index in [0.29, 0.717) is 6.42 Å². The molecule has 2 aliphatic rings. The molecule has 5 rings (SSSR count). The van der Waals surface area contributed by atoms with Crippen LogP contribution in [0.2, 0.25) is 0 Å². The number of rotatable bonds is 5. The Bertz CT molecular complexity index is 1220. The molecule has 3 aromatic rings. The van der Waals surface area contributed by atoms with E-state index in [4.69, 9.17) is 0 Å². The standard InChI is InChI=1S/C26H26N4O2/c1-16(2)30-17(3)29(15-31)24-14-27-26(13-23(24)30)28-21-6-4-5-18(12-21)19-7-9-22-20(11-19)8-10-25(22)32/h4-7,9,11-17H,8,10H2,1-3H3,(H,27,28). The monoisotopic (exact) mass is 426 g/mol. The lowest BCUT2D eigenvalue weighted by Crippen LogP contribution is -2.43. The second-order valence-corrected chi connectivity index (χ2v) is 8.70. The summed E-state index contributed by atoms with van der Waals surface area (Å²) in [6, 6.07) is 16.5. The number of pyridine rings is 1. The Kier molecular flexibility index (Phi) is 4.93. The number of aryl methyl sites for hydroxylation is 1. The van der Waals surface area contributed by atoms with Crippen LogP contribution in [0.4, 0.5) is 22.9 Å². The van der Waals surface area contributed by atoms with Crippen molar-refractivity contribution in [3.8, 4) is 11.1 Å². The third-order valence-corrected chi connectivity index (χ3v) is 6.39. The minimum atomic E-state index is -0.0467. The topological polar surface area (TPSA) is 65.5 Å². The Morgan fingerprint density at radius 3 is 2.66 bits per heavy atom. The van der Waals surface area contributed by atoms with Crippen LogP contribution < -0.4 is 15.1 Å². The lowest BCUT2D eigenvalue weighted by atomic mass is 10.00. The molecule has 0 fully saturated rings. The summed E-state index contributed by atoms with van der Waals surface area (Å²) >= 11 is 0. The molecule has 1 atom stereocenters. The Hall–Kier alpha value is -3.67. The summed E-state index contributed by atoms with van der Waals surface area (Å²) in [7, 11) is 0. The number of benzene rings is 2. The molecule has 6 nitrogen and oxygen atoms in total. The zero-order valence-electron chi connectivity index (χ0n) is 18.5. The summed E-state index contributed by atoms with van der Waals surface area (Å²) < 4.78 is 0. The molecule has 6 heteroatoms. The van der Waals surface area contributed by atoms with Crippen LogP contribution in [0.5, 0.6) is 0 Å². The molecule has 0 spiro atoms. The molecule has 2 heterocycles. The molecule has 1 N–H and O–H groups in total. The molecular weight excluding hydrogens is 400 g/mol. The van der Waals surface area contributed by atoms with Crippen LogP contribution in [0.25, 0.3) is 11.1 Å². The minimum absolute atomic E-state index is 0.0467. The highest BCUT2D eigenvalue weighted by Gasteiger charge is 2.34. The molecule has 162 valence electrons. The summed E-state index contributed by atoms with van der Waals surface area (Å²) in [5.74, 6) is 0.966. The molecule has 2 aromatic carbocycles. The smallest absolute Gasteiger partial charge is 0.215 e. The van der Waals surface area contributed by atoms with Crippen molar-refractivity contribution >= 4 is 35.1 Å². The number of anilines is 4. The van der Waals surface area contributed by atoms with Gasteiger partial charge in [-0.1, -0.05) is 30.3 Å². The van der Waals surface area contributed by atoms with Gasteiger partial charge in [-0.15, -0.1) is 0 Å². The van der Waals surface area contributed by atoms with Crippen LogP contribution in [0.1, 0.15) is 43.1 Å². The number of aromatic nitrogens is 1. The van der Waals surface area contributed by atoms with E-state index < -0.39 is 0 Å². The van der Waals surface area contributed by atoms with Crippen molar-refractivity contribution in [3.63, 3.8) is 0 Å². The summed E-state index contributed by atoms with van der Waals surface area (Å²) in [6.45, 7) is 6.26. The van der Waals surface area contributed by atoms with E-state index in [0.717, 1.165) is 58.0 Å². The summed E-state index contributed by atoms with van der Waals surface area (Å²) in [5.41, 5.74) is 6.94. The molecule has 1 aliphatic heterocycles. The van der Waals surface area contributed by atoms with Gasteiger partial charge in [0.1, 0.15) is 12.0 Å². The molecule has 0 saturated carbocycles. The predicted molar refractivity (Wildman–Crippen MR) is 128 cm³/mol. The first-order chi connectivity index (χ1) is 15.5. The van der Waals surface area contributed by atoms with Crippen molar-refractivity contribution in [2.75, 3.05) is 15.1 Å². The second-order valence-electron chi connectivity index (χ2n) is 8.70. The average molecular weight is 427 g/mol. The van der Waals surface area contributed by atoms with Crippen LogP contribution in [0.3, 0.4) is 0 Å². The number of nitrogens with zero attached hydrogens (tertiary/aromatic N) is 3. The fraction of sp³-hybridized carbons (Fsp3) is 0.269. The van der Waals surface area contributed by atoms with Gasteiger partial charge in [0.05, 0.1) is 17.6 Å². The number of Topliss-reactive ketones (excluding diaryl/α,β-unsaturated/α-hetero) is 1. The Balaban J connectivity index is 1.44. The first kappa shape index (κ1) is 20.2. The summed E-state index contributed by atoms with van der Waals surface area (Å²) in [4.78, 5) is 32.0. The third kappa shape index (κ3) is 3.32. The molecule has 0 bridgehead atoms. The SMILES string of the molecule is CC(C)N1c2cc(Nc3cccc(-c4ccc5c(c4)CCC5=O)c3)ncc2N(C=O)C1C. The van der Waals surface area contributed by atoms with Gasteiger partial charge in [-0.25, -0.2) is 4.98 Å². The number of nitrogens with one attached hydrogen (secondary N) is 1. The minimum Gasteiger partial charge on any atom is -0.347 e. The van der Waals surface area contributed by atoms with Crippen molar-refractivity contribution in [2.45, 2.75) is 45.8 Å². The van der Waals surface area contributed by atoms with E-state index in [1.165, 1.54) is 0 Å². The maximum atomic E-state index is 11.9. The third-order valence-electron chi connectivity index (χ3n) is 6.39. The molecular formula is C26H26N4O2. The maximum absolute atomic E-state index is 11.9. The van der Waals surface area contributed by atoms with E-state index in [9.17, 15) is 9.59 Å². The van der Waals surface area contributed by atoms with Gasteiger partial charge in [-0.2, -0.15) is 0 Å². The lowest BCUT2D eigenvalue weighted by molar-refractivity contribution is -0.107. The van der Waals surface area contributed by atoms with Crippen LogP contribution in [-0.2, 0) is 11.2 Å². The van der Waals surface area contributed by atoms with Gasteiger partial charge in [0.25, 0.3) is 0 Å². The Labute approximate surface area is 187 Å². The zero-order chi connectivity index (χ0) is 22.4. The molecule has 0 saturated heterocycles. The highest BCUT2D eigenvalue weighted by Crippen LogP contribution is 2.41. The number of hydrogen-bond donors (Lipinski definition) is 1. The predicted octanol–water partition coefficient (Wildman–Crippen LogP) is 5.16. The van der Waals surface area contributed by atoms with Crippen LogP contribution in [0.15, 0.2) is 54.7 Å². The van der Waals surface area contributed by atoms with Crippen molar-refractivity contribution < 1.29 is 9.59 Å². The zero-order valence-corrected chi connectivity index (χ0v) is 18.5. The average Bonchev–Trinajstić information content (AvgIpc) is 3.29. The molecule has 1 unspecified atom stereocenters. The van der Waals surface area contributed by atoms with Gasteiger partial charge in [0.2, 0.25) is 6.41 Å². The molecule has 1 aromatic heterocycles. The molecule has 1 aliphatic carbocycles. The van der Waals surface area contributed by atoms with Gasteiger partial charge in [0.15, 0.2) is 5.78 Å². The molecule has 0 radical (unpaired) electrons. The summed E-state index contributed by atoms with van der Waals surface area (Å²) in [5, 5.41) is 3.41. The van der Waals surface area contributed by atoms with Crippen LogP contribution >= 0.6 is 0 Å². The van der Waals surface area contributed by atoms with Crippen LogP contribution in [-0.4, -0.2) is 29.4 Å². The fourth-order valence-corrected chi connectivity index (χ4v) is 4.86. The van der Waals surface area contributed by atoms with Crippen molar-refractivity contribution in [1.29, 1.82) is 0 Å².